The molecule has 0 N–H and O–H groups in total. The second kappa shape index (κ2) is 4.64. The van der Waals surface area contributed by atoms with Crippen molar-refractivity contribution >= 4 is 5.97 Å². The lowest BCUT2D eigenvalue weighted by atomic mass is 9.98. The first-order valence-electron chi connectivity index (χ1n) is 5.64. The van der Waals surface area contributed by atoms with Gasteiger partial charge < -0.3 is 4.74 Å². The molecule has 0 spiro atoms. The van der Waals surface area contributed by atoms with Gasteiger partial charge in [0, 0.05) is 0 Å². The van der Waals surface area contributed by atoms with Crippen LogP contribution in [0.3, 0.4) is 0 Å². The molecule has 0 saturated carbocycles. The van der Waals surface area contributed by atoms with Crippen LogP contribution >= 0.6 is 0 Å². The largest absolute Gasteiger partial charge is 0.466 e. The average Bonchev–Trinajstić information content (AvgIpc) is 2.61. The van der Waals surface area contributed by atoms with Gasteiger partial charge in [-0.25, -0.2) is 4.39 Å². The minimum atomic E-state index is -0.199. The first kappa shape index (κ1) is 11.1. The quantitative estimate of drug-likeness (QED) is 0.735. The number of aryl methyl sites for hydroxylation is 1. The molecule has 0 aromatic heterocycles. The molecule has 16 heavy (non-hydrogen) atoms. The van der Waals surface area contributed by atoms with E-state index in [1.807, 2.05) is 0 Å². The molecule has 1 aliphatic rings. The number of rotatable bonds is 3. The van der Waals surface area contributed by atoms with Crippen molar-refractivity contribution in [2.45, 2.75) is 32.1 Å². The smallest absolute Gasteiger partial charge is 0.306 e. The van der Waals surface area contributed by atoms with Crippen LogP contribution in [0.25, 0.3) is 0 Å². The molecule has 1 aromatic rings. The Morgan fingerprint density at radius 1 is 1.56 bits per heavy atom. The van der Waals surface area contributed by atoms with E-state index in [1.165, 1.54) is 6.07 Å². The van der Waals surface area contributed by atoms with Crippen molar-refractivity contribution in [3.05, 3.63) is 35.1 Å². The molecule has 0 heterocycles. The topological polar surface area (TPSA) is 26.3 Å². The van der Waals surface area contributed by atoms with Crippen molar-refractivity contribution in [3.8, 4) is 0 Å². The number of fused-ring (bicyclic) bond motifs is 1. The minimum Gasteiger partial charge on any atom is -0.466 e. The molecule has 1 atom stereocenters. The van der Waals surface area contributed by atoms with E-state index < -0.39 is 0 Å². The Balaban J connectivity index is 2.09. The third-order valence-corrected chi connectivity index (χ3v) is 3.03. The van der Waals surface area contributed by atoms with Crippen LogP contribution in [0, 0.1) is 5.82 Å². The summed E-state index contributed by atoms with van der Waals surface area (Å²) in [6.07, 6.45) is 2.18. The van der Waals surface area contributed by atoms with Crippen molar-refractivity contribution in [1.82, 2.24) is 0 Å². The number of ether oxygens (including phenoxy) is 1. The van der Waals surface area contributed by atoms with Gasteiger partial charge in [-0.1, -0.05) is 6.07 Å². The van der Waals surface area contributed by atoms with Gasteiger partial charge in [0.1, 0.15) is 5.82 Å². The lowest BCUT2D eigenvalue weighted by Gasteiger charge is -2.10. The van der Waals surface area contributed by atoms with E-state index in [-0.39, 0.29) is 17.7 Å². The predicted molar refractivity (Wildman–Crippen MR) is 58.7 cm³/mol. The highest BCUT2D eigenvalue weighted by Gasteiger charge is 2.25. The van der Waals surface area contributed by atoms with Crippen LogP contribution in [0.15, 0.2) is 18.2 Å². The maximum absolute atomic E-state index is 13.0. The van der Waals surface area contributed by atoms with E-state index in [2.05, 4.69) is 0 Å². The molecule has 86 valence electrons. The number of halogens is 1. The molecular weight excluding hydrogens is 207 g/mol. The lowest BCUT2D eigenvalue weighted by Crippen LogP contribution is -2.08. The predicted octanol–water partition coefficient (Wildman–Crippen LogP) is 2.81. The number of benzene rings is 1. The summed E-state index contributed by atoms with van der Waals surface area (Å²) in [6.45, 7) is 2.22. The number of hydrogen-bond acceptors (Lipinski definition) is 2. The Hall–Kier alpha value is -1.38. The van der Waals surface area contributed by atoms with E-state index in [1.54, 1.807) is 19.1 Å². The number of hydrogen-bond donors (Lipinski definition) is 0. The highest BCUT2D eigenvalue weighted by atomic mass is 19.1. The summed E-state index contributed by atoms with van der Waals surface area (Å²) >= 11 is 0. The summed E-state index contributed by atoms with van der Waals surface area (Å²) in [5.41, 5.74) is 2.14. The third kappa shape index (κ3) is 2.23. The molecule has 0 saturated heterocycles. The SMILES string of the molecule is CCOC(=O)C[C@@H]1CCc2cc(F)ccc21. The molecule has 0 unspecified atom stereocenters. The maximum atomic E-state index is 13.0. The van der Waals surface area contributed by atoms with Crippen molar-refractivity contribution < 1.29 is 13.9 Å². The summed E-state index contributed by atoms with van der Waals surface area (Å²) in [4.78, 5) is 11.4. The van der Waals surface area contributed by atoms with Gasteiger partial charge in [0.2, 0.25) is 0 Å². The third-order valence-electron chi connectivity index (χ3n) is 3.03. The Morgan fingerprint density at radius 3 is 3.12 bits per heavy atom. The fraction of sp³-hybridized carbons (Fsp3) is 0.462. The van der Waals surface area contributed by atoms with Crippen LogP contribution in [0.2, 0.25) is 0 Å². The van der Waals surface area contributed by atoms with Crippen LogP contribution in [0.1, 0.15) is 36.8 Å². The molecular formula is C13H15FO2. The summed E-state index contributed by atoms with van der Waals surface area (Å²) in [7, 11) is 0. The van der Waals surface area contributed by atoms with Crippen LogP contribution in [-0.2, 0) is 16.0 Å². The highest BCUT2D eigenvalue weighted by Crippen LogP contribution is 2.35. The number of carbonyl (C=O) groups excluding carboxylic acids is 1. The normalized spacial score (nSPS) is 18.2. The van der Waals surface area contributed by atoms with Gasteiger partial charge in [-0.2, -0.15) is 0 Å². The Bertz CT molecular complexity index is 401. The second-order valence-electron chi connectivity index (χ2n) is 4.09. The first-order valence-corrected chi connectivity index (χ1v) is 5.64. The van der Waals surface area contributed by atoms with Gasteiger partial charge >= 0.3 is 5.97 Å². The molecule has 0 radical (unpaired) electrons. The first-order chi connectivity index (χ1) is 7.70. The zero-order chi connectivity index (χ0) is 11.5. The van der Waals surface area contributed by atoms with E-state index >= 15 is 0 Å². The minimum absolute atomic E-state index is 0.162. The van der Waals surface area contributed by atoms with Crippen molar-refractivity contribution in [3.63, 3.8) is 0 Å². The van der Waals surface area contributed by atoms with Crippen molar-refractivity contribution in [2.24, 2.45) is 0 Å². The zero-order valence-electron chi connectivity index (χ0n) is 9.33. The maximum Gasteiger partial charge on any atom is 0.306 e. The lowest BCUT2D eigenvalue weighted by molar-refractivity contribution is -0.143. The van der Waals surface area contributed by atoms with E-state index in [0.29, 0.717) is 13.0 Å². The van der Waals surface area contributed by atoms with Gasteiger partial charge in [-0.15, -0.1) is 0 Å². The molecule has 3 heteroatoms. The fourth-order valence-electron chi connectivity index (χ4n) is 2.31. The Labute approximate surface area is 94.4 Å². The van der Waals surface area contributed by atoms with E-state index in [0.717, 1.165) is 24.0 Å². The molecule has 1 aliphatic carbocycles. The number of carbonyl (C=O) groups is 1. The van der Waals surface area contributed by atoms with Crippen LogP contribution in [-0.4, -0.2) is 12.6 Å². The van der Waals surface area contributed by atoms with E-state index in [9.17, 15) is 9.18 Å². The zero-order valence-corrected chi connectivity index (χ0v) is 9.33. The Morgan fingerprint density at radius 2 is 2.38 bits per heavy atom. The van der Waals surface area contributed by atoms with Gasteiger partial charge in [0.05, 0.1) is 13.0 Å². The van der Waals surface area contributed by atoms with Crippen molar-refractivity contribution in [2.75, 3.05) is 6.61 Å². The summed E-state index contributed by atoms with van der Waals surface area (Å²) in [5, 5.41) is 0. The van der Waals surface area contributed by atoms with Crippen LogP contribution in [0.5, 0.6) is 0 Å². The molecule has 0 aliphatic heterocycles. The Kier molecular flexibility index (Phi) is 3.22. The standard InChI is InChI=1S/C13H15FO2/c1-2-16-13(15)8-10-4-3-9-7-11(14)5-6-12(9)10/h5-7,10H,2-4,8H2,1H3/t10-/m0/s1. The monoisotopic (exact) mass is 222 g/mol. The average molecular weight is 222 g/mol. The summed E-state index contributed by atoms with van der Waals surface area (Å²) < 4.78 is 17.9. The second-order valence-corrected chi connectivity index (χ2v) is 4.09. The molecule has 0 amide bonds. The van der Waals surface area contributed by atoms with Gasteiger partial charge in [0.25, 0.3) is 0 Å². The highest BCUT2D eigenvalue weighted by molar-refractivity contribution is 5.71. The summed E-state index contributed by atoms with van der Waals surface area (Å²) in [6, 6.07) is 4.82. The molecule has 0 bridgehead atoms. The molecule has 2 rings (SSSR count). The molecule has 2 nitrogen and oxygen atoms in total. The van der Waals surface area contributed by atoms with Gasteiger partial charge in [-0.05, 0) is 48.9 Å². The van der Waals surface area contributed by atoms with Crippen LogP contribution < -0.4 is 0 Å². The molecule has 1 aromatic carbocycles. The fourth-order valence-corrected chi connectivity index (χ4v) is 2.31. The molecule has 0 fully saturated rings. The van der Waals surface area contributed by atoms with Gasteiger partial charge in [0.15, 0.2) is 0 Å². The van der Waals surface area contributed by atoms with E-state index in [4.69, 9.17) is 4.74 Å². The van der Waals surface area contributed by atoms with Gasteiger partial charge in [-0.3, -0.25) is 4.79 Å². The van der Waals surface area contributed by atoms with Crippen molar-refractivity contribution in [1.29, 1.82) is 0 Å². The summed E-state index contributed by atoms with van der Waals surface area (Å²) in [5.74, 6) is -0.158. The number of esters is 1. The van der Waals surface area contributed by atoms with Crippen LogP contribution in [0.4, 0.5) is 4.39 Å².